The highest BCUT2D eigenvalue weighted by molar-refractivity contribution is 6.48. The molecular formula is C26H26O8. The number of hydrogen-bond donors (Lipinski definition) is 0. The van der Waals surface area contributed by atoms with Crippen molar-refractivity contribution in [3.05, 3.63) is 52.3 Å². The zero-order chi connectivity index (χ0) is 24.4. The maximum absolute atomic E-state index is 13.7. The predicted molar refractivity (Wildman–Crippen MR) is 120 cm³/mol. The van der Waals surface area contributed by atoms with E-state index in [1.807, 2.05) is 19.9 Å². The van der Waals surface area contributed by atoms with Gasteiger partial charge >= 0.3 is 5.97 Å². The molecule has 2 aliphatic heterocycles. The van der Waals surface area contributed by atoms with E-state index in [1.54, 1.807) is 32.1 Å². The number of rotatable bonds is 3. The third-order valence-electron chi connectivity index (χ3n) is 7.37. The van der Waals surface area contributed by atoms with Crippen LogP contribution in [0.15, 0.2) is 41.2 Å². The summed E-state index contributed by atoms with van der Waals surface area (Å²) in [6.45, 7) is 7.36. The number of methoxy groups -OCH3 is 1. The van der Waals surface area contributed by atoms with Gasteiger partial charge in [-0.2, -0.15) is 0 Å². The Hall–Kier alpha value is -3.55. The van der Waals surface area contributed by atoms with Crippen LogP contribution < -0.4 is 14.2 Å². The fourth-order valence-corrected chi connectivity index (χ4v) is 5.09. The lowest BCUT2D eigenvalue weighted by molar-refractivity contribution is -0.148. The first-order chi connectivity index (χ1) is 16.2. The summed E-state index contributed by atoms with van der Waals surface area (Å²) < 4.78 is 28.6. The summed E-state index contributed by atoms with van der Waals surface area (Å²) in [5.74, 6) is -0.946. The summed E-state index contributed by atoms with van der Waals surface area (Å²) in [4.78, 5) is 39.6. The first kappa shape index (κ1) is 22.3. The number of Topliss-reactive ketones (excluding diaryl/α,β-unsaturated/α-hetero) is 2. The number of esters is 1. The quantitative estimate of drug-likeness (QED) is 0.379. The van der Waals surface area contributed by atoms with Crippen molar-refractivity contribution >= 4 is 17.5 Å². The van der Waals surface area contributed by atoms with Crippen LogP contribution >= 0.6 is 0 Å². The van der Waals surface area contributed by atoms with E-state index in [-0.39, 0.29) is 31.0 Å². The van der Waals surface area contributed by atoms with Gasteiger partial charge in [0.05, 0.1) is 7.11 Å². The van der Waals surface area contributed by atoms with Crippen molar-refractivity contribution in [3.8, 4) is 17.2 Å². The van der Waals surface area contributed by atoms with Gasteiger partial charge in [-0.05, 0) is 37.5 Å². The lowest BCUT2D eigenvalue weighted by atomic mass is 9.63. The Labute approximate surface area is 197 Å². The summed E-state index contributed by atoms with van der Waals surface area (Å²) in [5.41, 5.74) is 0.774. The molecule has 34 heavy (non-hydrogen) atoms. The van der Waals surface area contributed by atoms with Gasteiger partial charge in [-0.3, -0.25) is 9.59 Å². The maximum atomic E-state index is 13.7. The van der Waals surface area contributed by atoms with Crippen LogP contribution in [0.25, 0.3) is 0 Å². The molecule has 178 valence electrons. The summed E-state index contributed by atoms with van der Waals surface area (Å²) in [6.07, 6.45) is 4.54. The third kappa shape index (κ3) is 2.87. The SMILES string of the molecule is C/C=C(/C)C(=O)O[C@@H]1c2cc3c(c4c2[C@@]2(CO4)C(=O)C(=O)C(OC)=C/C2=C\[C@@H](C)[C@H]1C)OCO3. The van der Waals surface area contributed by atoms with Crippen molar-refractivity contribution in [3.63, 3.8) is 0 Å². The van der Waals surface area contributed by atoms with Crippen LogP contribution in [0.2, 0.25) is 0 Å². The molecule has 1 aromatic rings. The van der Waals surface area contributed by atoms with Crippen LogP contribution in [0.3, 0.4) is 0 Å². The molecule has 0 saturated heterocycles. The number of ketones is 2. The molecule has 0 N–H and O–H groups in total. The smallest absolute Gasteiger partial charge is 0.333 e. The zero-order valence-corrected chi connectivity index (χ0v) is 19.7. The lowest BCUT2D eigenvalue weighted by Crippen LogP contribution is -2.48. The molecule has 0 radical (unpaired) electrons. The van der Waals surface area contributed by atoms with Crippen molar-refractivity contribution in [1.29, 1.82) is 0 Å². The third-order valence-corrected chi connectivity index (χ3v) is 7.37. The molecule has 2 aliphatic carbocycles. The molecule has 4 atom stereocenters. The molecule has 0 bridgehead atoms. The zero-order valence-electron chi connectivity index (χ0n) is 19.7. The van der Waals surface area contributed by atoms with Gasteiger partial charge in [-0.1, -0.05) is 26.0 Å². The Morgan fingerprint density at radius 2 is 1.94 bits per heavy atom. The van der Waals surface area contributed by atoms with E-state index < -0.39 is 29.1 Å². The first-order valence-electron chi connectivity index (χ1n) is 11.2. The van der Waals surface area contributed by atoms with E-state index in [0.717, 1.165) is 0 Å². The minimum Gasteiger partial charge on any atom is -0.493 e. The minimum atomic E-state index is -1.39. The standard InChI is InChI=1S/C26H26O8/c1-6-12(2)25(29)34-21-14(4)13(3)7-15-8-17(30-5)20(27)24(28)26(15)10-31-23-19(26)16(21)9-18-22(23)33-11-32-18/h6-9,13-14,21H,10-11H2,1-5H3/b12-6-,15-7+/t13-,14-,21+,26+/m1/s1. The van der Waals surface area contributed by atoms with Gasteiger partial charge in [0, 0.05) is 22.6 Å². The average molecular weight is 466 g/mol. The summed E-state index contributed by atoms with van der Waals surface area (Å²) in [6, 6.07) is 1.75. The van der Waals surface area contributed by atoms with E-state index in [9.17, 15) is 14.4 Å². The second-order valence-corrected chi connectivity index (χ2v) is 9.11. The normalized spacial score (nSPS) is 30.7. The predicted octanol–water partition coefficient (Wildman–Crippen LogP) is 3.49. The first-order valence-corrected chi connectivity index (χ1v) is 11.2. The summed E-state index contributed by atoms with van der Waals surface area (Å²) in [7, 11) is 1.37. The molecule has 5 rings (SSSR count). The van der Waals surface area contributed by atoms with Crippen LogP contribution in [0.5, 0.6) is 17.2 Å². The number of benzene rings is 1. The minimum absolute atomic E-state index is 0.00101. The fourth-order valence-electron chi connectivity index (χ4n) is 5.09. The summed E-state index contributed by atoms with van der Waals surface area (Å²) in [5, 5.41) is 0. The highest BCUT2D eigenvalue weighted by Crippen LogP contribution is 2.59. The number of ether oxygens (including phenoxy) is 5. The maximum Gasteiger partial charge on any atom is 0.333 e. The average Bonchev–Trinajstić information content (AvgIpc) is 3.46. The van der Waals surface area contributed by atoms with Crippen molar-refractivity contribution in [1.82, 2.24) is 0 Å². The van der Waals surface area contributed by atoms with Gasteiger partial charge < -0.3 is 23.7 Å². The molecule has 0 saturated carbocycles. The molecular weight excluding hydrogens is 440 g/mol. The van der Waals surface area contributed by atoms with Crippen molar-refractivity contribution in [2.75, 3.05) is 20.5 Å². The van der Waals surface area contributed by atoms with Gasteiger partial charge in [0.2, 0.25) is 18.3 Å². The molecule has 1 spiro atoms. The molecule has 0 fully saturated rings. The largest absolute Gasteiger partial charge is 0.493 e. The van der Waals surface area contributed by atoms with Crippen molar-refractivity contribution in [2.45, 2.75) is 39.2 Å². The van der Waals surface area contributed by atoms with Gasteiger partial charge in [0.1, 0.15) is 18.1 Å². The molecule has 2 heterocycles. The van der Waals surface area contributed by atoms with Gasteiger partial charge in [-0.25, -0.2) is 4.79 Å². The molecule has 0 unspecified atom stereocenters. The van der Waals surface area contributed by atoms with Crippen LogP contribution in [0.4, 0.5) is 0 Å². The Bertz CT molecular complexity index is 1220. The van der Waals surface area contributed by atoms with Crippen LogP contribution in [-0.4, -0.2) is 38.0 Å². The number of fused-ring (bicyclic) bond motifs is 2. The molecule has 4 aliphatic rings. The second kappa shape index (κ2) is 7.75. The Morgan fingerprint density at radius 1 is 1.18 bits per heavy atom. The van der Waals surface area contributed by atoms with E-state index >= 15 is 0 Å². The van der Waals surface area contributed by atoms with Crippen LogP contribution in [0.1, 0.15) is 44.9 Å². The Kier molecular flexibility index (Phi) is 5.07. The monoisotopic (exact) mass is 466 g/mol. The highest BCUT2D eigenvalue weighted by atomic mass is 16.7. The van der Waals surface area contributed by atoms with Crippen LogP contribution in [0, 0.1) is 11.8 Å². The number of carbonyl (C=O) groups excluding carboxylic acids is 3. The molecule has 8 heteroatoms. The van der Waals surface area contributed by atoms with Crippen molar-refractivity contribution < 1.29 is 38.1 Å². The summed E-state index contributed by atoms with van der Waals surface area (Å²) >= 11 is 0. The van der Waals surface area contributed by atoms with E-state index in [2.05, 4.69) is 0 Å². The van der Waals surface area contributed by atoms with E-state index in [4.69, 9.17) is 23.7 Å². The van der Waals surface area contributed by atoms with Crippen LogP contribution in [-0.2, 0) is 29.3 Å². The number of allylic oxidation sites excluding steroid dienone is 4. The van der Waals surface area contributed by atoms with Gasteiger partial charge in [-0.15, -0.1) is 0 Å². The second-order valence-electron chi connectivity index (χ2n) is 9.11. The van der Waals surface area contributed by atoms with Gasteiger partial charge in [0.15, 0.2) is 17.3 Å². The fraction of sp³-hybridized carbons (Fsp3) is 0.423. The highest BCUT2D eigenvalue weighted by Gasteiger charge is 2.59. The van der Waals surface area contributed by atoms with Crippen molar-refractivity contribution in [2.24, 2.45) is 11.8 Å². The molecule has 1 aromatic carbocycles. The number of carbonyl (C=O) groups is 3. The topological polar surface area (TPSA) is 97.4 Å². The van der Waals surface area contributed by atoms with E-state index in [1.165, 1.54) is 7.11 Å². The lowest BCUT2D eigenvalue weighted by Gasteiger charge is -2.38. The molecule has 0 amide bonds. The number of hydrogen-bond acceptors (Lipinski definition) is 8. The molecule has 0 aromatic heterocycles. The Morgan fingerprint density at radius 3 is 2.65 bits per heavy atom. The Balaban J connectivity index is 1.82. The molecule has 8 nitrogen and oxygen atoms in total. The van der Waals surface area contributed by atoms with E-state index in [0.29, 0.717) is 39.5 Å². The van der Waals surface area contributed by atoms with Gasteiger partial charge in [0.25, 0.3) is 5.78 Å².